The topological polar surface area (TPSA) is 24.9 Å². The zero-order valence-electron chi connectivity index (χ0n) is 8.35. The molecule has 2 nitrogen and oxygen atoms in total. The van der Waals surface area contributed by atoms with E-state index in [0.29, 0.717) is 10.9 Å². The molecule has 0 aliphatic heterocycles. The molecular weight excluding hydrogens is 219 g/mol. The minimum Gasteiger partial charge on any atom is -0.380 e. The molecule has 1 heterocycles. The van der Waals surface area contributed by atoms with Crippen LogP contribution in [0.1, 0.15) is 19.0 Å². The summed E-state index contributed by atoms with van der Waals surface area (Å²) in [6.07, 6.45) is 2.71. The molecule has 1 N–H and O–H groups in total. The highest BCUT2D eigenvalue weighted by Gasteiger charge is 2.08. The smallest absolute Gasteiger partial charge is 0.0849 e. The molecule has 0 aliphatic carbocycles. The van der Waals surface area contributed by atoms with Gasteiger partial charge in [-0.15, -0.1) is 11.6 Å². The van der Waals surface area contributed by atoms with Gasteiger partial charge >= 0.3 is 0 Å². The Morgan fingerprint density at radius 3 is 2.86 bits per heavy atom. The summed E-state index contributed by atoms with van der Waals surface area (Å²) in [6.45, 7) is 3.97. The molecule has 0 spiro atoms. The molecule has 1 atom stereocenters. The summed E-state index contributed by atoms with van der Waals surface area (Å²) in [7, 11) is 0. The van der Waals surface area contributed by atoms with Crippen molar-refractivity contribution in [2.45, 2.75) is 26.3 Å². The van der Waals surface area contributed by atoms with Gasteiger partial charge < -0.3 is 5.32 Å². The van der Waals surface area contributed by atoms with Crippen LogP contribution in [-0.4, -0.2) is 16.9 Å². The highest BCUT2D eigenvalue weighted by atomic mass is 35.5. The molecule has 1 aromatic heterocycles. The van der Waals surface area contributed by atoms with E-state index in [0.717, 1.165) is 17.8 Å². The molecular formula is C10H14Cl2N2. The number of nitrogens with zero attached hydrogens (tertiary/aromatic N) is 1. The van der Waals surface area contributed by atoms with Crippen LogP contribution in [0, 0.1) is 6.92 Å². The van der Waals surface area contributed by atoms with Gasteiger partial charge in [-0.25, -0.2) is 0 Å². The number of hydrogen-bond donors (Lipinski definition) is 1. The van der Waals surface area contributed by atoms with Crippen LogP contribution in [0.15, 0.2) is 12.3 Å². The Kier molecular flexibility index (Phi) is 4.49. The van der Waals surface area contributed by atoms with Gasteiger partial charge in [-0.3, -0.25) is 4.98 Å². The van der Waals surface area contributed by atoms with Gasteiger partial charge in [0.1, 0.15) is 0 Å². The zero-order chi connectivity index (χ0) is 10.6. The fraction of sp³-hybridized carbons (Fsp3) is 0.500. The summed E-state index contributed by atoms with van der Waals surface area (Å²) >= 11 is 11.9. The Morgan fingerprint density at radius 1 is 1.57 bits per heavy atom. The Bertz CT molecular complexity index is 298. The van der Waals surface area contributed by atoms with Crippen molar-refractivity contribution in [2.24, 2.45) is 0 Å². The van der Waals surface area contributed by atoms with Gasteiger partial charge in [0.2, 0.25) is 0 Å². The van der Waals surface area contributed by atoms with Gasteiger partial charge in [0, 0.05) is 18.1 Å². The lowest BCUT2D eigenvalue weighted by Crippen LogP contribution is -2.20. The van der Waals surface area contributed by atoms with E-state index in [1.54, 1.807) is 6.20 Å². The highest BCUT2D eigenvalue weighted by molar-refractivity contribution is 6.33. The molecule has 1 rings (SSSR count). The molecule has 0 saturated carbocycles. The van der Waals surface area contributed by atoms with E-state index in [-0.39, 0.29) is 6.04 Å². The second-order valence-corrected chi connectivity index (χ2v) is 3.85. The third-order valence-electron chi connectivity index (χ3n) is 2.10. The van der Waals surface area contributed by atoms with Crippen LogP contribution < -0.4 is 5.32 Å². The van der Waals surface area contributed by atoms with Crippen LogP contribution >= 0.6 is 23.2 Å². The van der Waals surface area contributed by atoms with Crippen molar-refractivity contribution in [1.29, 1.82) is 0 Å². The van der Waals surface area contributed by atoms with E-state index < -0.39 is 0 Å². The van der Waals surface area contributed by atoms with Gasteiger partial charge in [-0.1, -0.05) is 18.5 Å². The van der Waals surface area contributed by atoms with Gasteiger partial charge in [0.15, 0.2) is 0 Å². The van der Waals surface area contributed by atoms with E-state index >= 15 is 0 Å². The molecule has 4 heteroatoms. The van der Waals surface area contributed by atoms with E-state index in [9.17, 15) is 0 Å². The van der Waals surface area contributed by atoms with Crippen molar-refractivity contribution in [3.8, 4) is 0 Å². The molecule has 0 amide bonds. The van der Waals surface area contributed by atoms with Crippen LogP contribution in [0.5, 0.6) is 0 Å². The maximum Gasteiger partial charge on any atom is 0.0849 e. The van der Waals surface area contributed by atoms with Crippen molar-refractivity contribution >= 4 is 28.9 Å². The molecule has 1 unspecified atom stereocenters. The first-order valence-corrected chi connectivity index (χ1v) is 5.53. The number of nitrogens with one attached hydrogen (secondary N) is 1. The first-order valence-electron chi connectivity index (χ1n) is 4.62. The van der Waals surface area contributed by atoms with Crippen molar-refractivity contribution in [3.05, 3.63) is 23.0 Å². The fourth-order valence-corrected chi connectivity index (χ4v) is 1.59. The number of pyridine rings is 1. The predicted octanol–water partition coefficient (Wildman–Crippen LogP) is 3.47. The lowest BCUT2D eigenvalue weighted by atomic mass is 10.2. The summed E-state index contributed by atoms with van der Waals surface area (Å²) in [6, 6.07) is 2.13. The second-order valence-electron chi connectivity index (χ2n) is 3.16. The van der Waals surface area contributed by atoms with Crippen LogP contribution in [0.3, 0.4) is 0 Å². The maximum atomic E-state index is 6.08. The Balaban J connectivity index is 2.80. The number of anilines is 1. The summed E-state index contributed by atoms with van der Waals surface area (Å²) in [5.41, 5.74) is 1.74. The van der Waals surface area contributed by atoms with Crippen molar-refractivity contribution in [1.82, 2.24) is 4.98 Å². The van der Waals surface area contributed by atoms with Gasteiger partial charge in [0.05, 0.1) is 16.4 Å². The minimum absolute atomic E-state index is 0.260. The standard InChI is InChI=1S/C10H14Cl2N2/c1-3-8(6-11)14-9-4-5-13-7(2)10(9)12/h4-5,8H,3,6H2,1-2H3,(H,13,14). The summed E-state index contributed by atoms with van der Waals surface area (Å²) < 4.78 is 0. The van der Waals surface area contributed by atoms with E-state index in [1.807, 2.05) is 13.0 Å². The Hall–Kier alpha value is -0.470. The van der Waals surface area contributed by atoms with Gasteiger partial charge in [-0.2, -0.15) is 0 Å². The second kappa shape index (κ2) is 5.42. The van der Waals surface area contributed by atoms with Crippen LogP contribution in [-0.2, 0) is 0 Å². The summed E-state index contributed by atoms with van der Waals surface area (Å²) in [5.74, 6) is 0.578. The number of alkyl halides is 1. The lowest BCUT2D eigenvalue weighted by molar-refractivity contribution is 0.770. The molecule has 1 aromatic rings. The SMILES string of the molecule is CCC(CCl)Nc1ccnc(C)c1Cl. The van der Waals surface area contributed by atoms with E-state index in [2.05, 4.69) is 17.2 Å². The molecule has 0 bridgehead atoms. The quantitative estimate of drug-likeness (QED) is 0.805. The summed E-state index contributed by atoms with van der Waals surface area (Å²) in [4.78, 5) is 4.09. The monoisotopic (exact) mass is 232 g/mol. The molecule has 0 fully saturated rings. The maximum absolute atomic E-state index is 6.08. The number of hydrogen-bond acceptors (Lipinski definition) is 2. The number of aromatic nitrogens is 1. The van der Waals surface area contributed by atoms with Gasteiger partial charge in [0.25, 0.3) is 0 Å². The van der Waals surface area contributed by atoms with E-state index in [1.165, 1.54) is 0 Å². The number of rotatable bonds is 4. The largest absolute Gasteiger partial charge is 0.380 e. The van der Waals surface area contributed by atoms with Gasteiger partial charge in [-0.05, 0) is 19.4 Å². The Morgan fingerprint density at radius 2 is 2.29 bits per heavy atom. The highest BCUT2D eigenvalue weighted by Crippen LogP contribution is 2.24. The molecule has 0 radical (unpaired) electrons. The predicted molar refractivity (Wildman–Crippen MR) is 62.4 cm³/mol. The third-order valence-corrected chi connectivity index (χ3v) is 2.95. The molecule has 14 heavy (non-hydrogen) atoms. The third kappa shape index (κ3) is 2.76. The molecule has 78 valence electrons. The Labute approximate surface area is 94.6 Å². The normalized spacial score (nSPS) is 12.6. The first-order chi connectivity index (χ1) is 6.69. The average Bonchev–Trinajstić information content (AvgIpc) is 2.20. The van der Waals surface area contributed by atoms with Crippen LogP contribution in [0.4, 0.5) is 5.69 Å². The lowest BCUT2D eigenvalue weighted by Gasteiger charge is -2.16. The first kappa shape index (κ1) is 11.6. The van der Waals surface area contributed by atoms with Crippen molar-refractivity contribution < 1.29 is 0 Å². The van der Waals surface area contributed by atoms with Crippen molar-refractivity contribution in [3.63, 3.8) is 0 Å². The zero-order valence-corrected chi connectivity index (χ0v) is 9.86. The molecule has 0 saturated heterocycles. The molecule has 0 aliphatic rings. The van der Waals surface area contributed by atoms with Crippen molar-refractivity contribution in [2.75, 3.05) is 11.2 Å². The minimum atomic E-state index is 0.260. The number of halogens is 2. The van der Waals surface area contributed by atoms with E-state index in [4.69, 9.17) is 23.2 Å². The van der Waals surface area contributed by atoms with Crippen LogP contribution in [0.2, 0.25) is 5.02 Å². The van der Waals surface area contributed by atoms with Crippen LogP contribution in [0.25, 0.3) is 0 Å². The average molecular weight is 233 g/mol. The summed E-state index contributed by atoms with van der Waals surface area (Å²) in [5, 5.41) is 3.96. The fourth-order valence-electron chi connectivity index (χ4n) is 1.13. The molecule has 0 aromatic carbocycles. The number of aryl methyl sites for hydroxylation is 1.